The number of nitrogens with one attached hydrogen (secondary N) is 3. The molecule has 0 atom stereocenters. The SMILES string of the molecule is COc1cc(/C=C(\NC(=O)c2ccccc2)C(=O)Nc2ccc(SCC(=O)Nc3cc(C(F)(F)F)ccc3Cl)cc2)cc(OC)c1OC. The second-order valence-electron chi connectivity index (χ2n) is 9.84. The molecule has 14 heteroatoms. The lowest BCUT2D eigenvalue weighted by Crippen LogP contribution is -2.30. The second kappa shape index (κ2) is 16.1. The van der Waals surface area contributed by atoms with E-state index in [0.717, 1.165) is 30.0 Å². The first kappa shape index (κ1) is 35.7. The van der Waals surface area contributed by atoms with Crippen LogP contribution in [0.3, 0.4) is 0 Å². The highest BCUT2D eigenvalue weighted by molar-refractivity contribution is 8.00. The van der Waals surface area contributed by atoms with E-state index in [9.17, 15) is 27.6 Å². The van der Waals surface area contributed by atoms with Crippen LogP contribution in [0.15, 0.2) is 95.5 Å². The van der Waals surface area contributed by atoms with Gasteiger partial charge in [-0.2, -0.15) is 13.2 Å². The van der Waals surface area contributed by atoms with Crippen LogP contribution < -0.4 is 30.2 Å². The molecule has 48 heavy (non-hydrogen) atoms. The third kappa shape index (κ3) is 9.46. The van der Waals surface area contributed by atoms with Crippen molar-refractivity contribution in [3.63, 3.8) is 0 Å². The van der Waals surface area contributed by atoms with Crippen molar-refractivity contribution < 1.29 is 41.8 Å². The first-order valence-corrected chi connectivity index (χ1v) is 15.4. The predicted octanol–water partition coefficient (Wildman–Crippen LogP) is 7.53. The first-order chi connectivity index (χ1) is 22.9. The Kier molecular flexibility index (Phi) is 12.0. The zero-order chi connectivity index (χ0) is 34.8. The molecule has 0 unspecified atom stereocenters. The summed E-state index contributed by atoms with van der Waals surface area (Å²) >= 11 is 7.09. The van der Waals surface area contributed by atoms with Crippen molar-refractivity contribution in [2.45, 2.75) is 11.1 Å². The molecule has 0 bridgehead atoms. The fourth-order valence-electron chi connectivity index (χ4n) is 4.26. The summed E-state index contributed by atoms with van der Waals surface area (Å²) in [5, 5.41) is 7.78. The number of halogens is 4. The lowest BCUT2D eigenvalue weighted by molar-refractivity contribution is -0.137. The molecule has 9 nitrogen and oxygen atoms in total. The van der Waals surface area contributed by atoms with Crippen LogP contribution in [0.5, 0.6) is 17.2 Å². The number of hydrogen-bond acceptors (Lipinski definition) is 7. The monoisotopic (exact) mass is 699 g/mol. The number of thioether (sulfide) groups is 1. The number of anilines is 2. The van der Waals surface area contributed by atoms with Gasteiger partial charge in [-0.3, -0.25) is 14.4 Å². The van der Waals surface area contributed by atoms with Crippen molar-refractivity contribution in [2.75, 3.05) is 37.7 Å². The maximum atomic E-state index is 13.5. The predicted molar refractivity (Wildman–Crippen MR) is 179 cm³/mol. The molecule has 0 spiro atoms. The molecule has 3 amide bonds. The molecule has 0 aromatic heterocycles. The van der Waals surface area contributed by atoms with Crippen LogP contribution in [-0.2, 0) is 15.8 Å². The lowest BCUT2D eigenvalue weighted by atomic mass is 10.1. The highest BCUT2D eigenvalue weighted by Crippen LogP contribution is 2.39. The van der Waals surface area contributed by atoms with Gasteiger partial charge in [0.05, 0.1) is 43.4 Å². The maximum absolute atomic E-state index is 13.5. The number of amides is 3. The summed E-state index contributed by atoms with van der Waals surface area (Å²) in [5.74, 6) is -0.785. The van der Waals surface area contributed by atoms with Gasteiger partial charge in [-0.05, 0) is 78.4 Å². The minimum atomic E-state index is -4.59. The third-order valence-electron chi connectivity index (χ3n) is 6.58. The molecule has 4 aromatic carbocycles. The van der Waals surface area contributed by atoms with Crippen LogP contribution in [0.2, 0.25) is 5.02 Å². The van der Waals surface area contributed by atoms with E-state index in [4.69, 9.17) is 25.8 Å². The number of benzene rings is 4. The molecule has 0 aliphatic heterocycles. The Hall–Kier alpha value is -5.14. The number of alkyl halides is 3. The molecule has 250 valence electrons. The smallest absolute Gasteiger partial charge is 0.416 e. The number of ether oxygens (including phenoxy) is 3. The van der Waals surface area contributed by atoms with Crippen molar-refractivity contribution in [3.05, 3.63) is 112 Å². The standard InChI is InChI=1S/C34H29ClF3N3O6S/c1-45-28-16-20(17-29(46-2)31(28)47-3)15-27(41-32(43)21-7-5-4-6-8-21)33(44)39-23-10-12-24(13-11-23)48-19-30(42)40-26-18-22(34(36,37)38)9-14-25(26)35/h4-18H,19H2,1-3H3,(H,39,44)(H,40,42)(H,41,43)/b27-15-. The summed E-state index contributed by atoms with van der Waals surface area (Å²) in [4.78, 5) is 39.6. The van der Waals surface area contributed by atoms with Crippen LogP contribution >= 0.6 is 23.4 Å². The molecule has 4 rings (SSSR count). The largest absolute Gasteiger partial charge is 0.493 e. The molecule has 0 aliphatic carbocycles. The zero-order valence-corrected chi connectivity index (χ0v) is 27.3. The van der Waals surface area contributed by atoms with Crippen molar-refractivity contribution in [2.24, 2.45) is 0 Å². The number of carbonyl (C=O) groups excluding carboxylic acids is 3. The summed E-state index contributed by atoms with van der Waals surface area (Å²) in [7, 11) is 4.37. The summed E-state index contributed by atoms with van der Waals surface area (Å²) in [6.07, 6.45) is -3.13. The van der Waals surface area contributed by atoms with Gasteiger partial charge >= 0.3 is 6.18 Å². The van der Waals surface area contributed by atoms with Gasteiger partial charge in [0, 0.05) is 16.1 Å². The third-order valence-corrected chi connectivity index (χ3v) is 7.92. The van der Waals surface area contributed by atoms with E-state index in [1.54, 1.807) is 66.7 Å². The summed E-state index contributed by atoms with van der Waals surface area (Å²) in [6, 6.07) is 20.8. The van der Waals surface area contributed by atoms with Gasteiger partial charge in [-0.25, -0.2) is 0 Å². The normalized spacial score (nSPS) is 11.4. The summed E-state index contributed by atoms with van der Waals surface area (Å²) < 4.78 is 55.3. The quantitative estimate of drug-likeness (QED) is 0.104. The minimum Gasteiger partial charge on any atom is -0.493 e. The minimum absolute atomic E-state index is 0.0277. The molecule has 3 N–H and O–H groups in total. The Balaban J connectivity index is 1.48. The van der Waals surface area contributed by atoms with Gasteiger partial charge in [0.1, 0.15) is 5.70 Å². The first-order valence-electron chi connectivity index (χ1n) is 14.0. The van der Waals surface area contributed by atoms with Crippen molar-refractivity contribution in [1.29, 1.82) is 0 Å². The van der Waals surface area contributed by atoms with Gasteiger partial charge in [-0.15, -0.1) is 11.8 Å². The van der Waals surface area contributed by atoms with Crippen molar-refractivity contribution >= 4 is 58.5 Å². The Morgan fingerprint density at radius 2 is 1.48 bits per heavy atom. The van der Waals surface area contributed by atoms with E-state index in [0.29, 0.717) is 39.0 Å². The average Bonchev–Trinajstić information content (AvgIpc) is 3.07. The van der Waals surface area contributed by atoms with Crippen LogP contribution in [0.1, 0.15) is 21.5 Å². The Bertz CT molecular complexity index is 1790. The average molecular weight is 700 g/mol. The van der Waals surface area contributed by atoms with Gasteiger partial charge in [0.15, 0.2) is 11.5 Å². The summed E-state index contributed by atoms with van der Waals surface area (Å²) in [5.41, 5.74) is 0.0237. The van der Waals surface area contributed by atoms with Gasteiger partial charge in [-0.1, -0.05) is 29.8 Å². The van der Waals surface area contributed by atoms with E-state index < -0.39 is 29.5 Å². The van der Waals surface area contributed by atoms with Crippen molar-refractivity contribution in [1.82, 2.24) is 5.32 Å². The summed E-state index contributed by atoms with van der Waals surface area (Å²) in [6.45, 7) is 0. The molecule has 0 saturated heterocycles. The highest BCUT2D eigenvalue weighted by atomic mass is 35.5. The number of hydrogen-bond donors (Lipinski definition) is 3. The van der Waals surface area contributed by atoms with Gasteiger partial charge in [0.25, 0.3) is 11.8 Å². The molecule has 4 aromatic rings. The number of rotatable bonds is 12. The van der Waals surface area contributed by atoms with E-state index in [2.05, 4.69) is 16.0 Å². The van der Waals surface area contributed by atoms with Crippen molar-refractivity contribution in [3.8, 4) is 17.2 Å². The molecular formula is C34H29ClF3N3O6S. The van der Waals surface area contributed by atoms with Crippen LogP contribution in [0.25, 0.3) is 6.08 Å². The molecule has 0 heterocycles. The number of methoxy groups -OCH3 is 3. The maximum Gasteiger partial charge on any atom is 0.416 e. The van der Waals surface area contributed by atoms with E-state index >= 15 is 0 Å². The fraction of sp³-hybridized carbons (Fsp3) is 0.147. The zero-order valence-electron chi connectivity index (χ0n) is 25.7. The van der Waals surface area contributed by atoms with Gasteiger partial charge in [0.2, 0.25) is 11.7 Å². The van der Waals surface area contributed by atoms with Crippen LogP contribution in [0.4, 0.5) is 24.5 Å². The molecule has 0 radical (unpaired) electrons. The lowest BCUT2D eigenvalue weighted by Gasteiger charge is -2.15. The molecule has 0 fully saturated rings. The van der Waals surface area contributed by atoms with E-state index in [1.807, 2.05) is 0 Å². The molecule has 0 aliphatic rings. The van der Waals surface area contributed by atoms with E-state index in [1.165, 1.54) is 27.4 Å². The molecule has 0 saturated carbocycles. The van der Waals surface area contributed by atoms with Gasteiger partial charge < -0.3 is 30.2 Å². The number of carbonyl (C=O) groups is 3. The highest BCUT2D eigenvalue weighted by Gasteiger charge is 2.31. The topological polar surface area (TPSA) is 115 Å². The second-order valence-corrected chi connectivity index (χ2v) is 11.3. The van der Waals surface area contributed by atoms with E-state index in [-0.39, 0.29) is 22.2 Å². The molecular weight excluding hydrogens is 671 g/mol. The Morgan fingerprint density at radius 3 is 2.06 bits per heavy atom. The van der Waals surface area contributed by atoms with Crippen LogP contribution in [0, 0.1) is 0 Å². The fourth-order valence-corrected chi connectivity index (χ4v) is 5.12. The van der Waals surface area contributed by atoms with Crippen LogP contribution in [-0.4, -0.2) is 44.8 Å². The Labute approximate surface area is 283 Å². The Morgan fingerprint density at radius 1 is 0.833 bits per heavy atom.